The molecule has 0 unspecified atom stereocenters. The molecule has 2 aromatic rings. The molecule has 0 aliphatic heterocycles. The summed E-state index contributed by atoms with van der Waals surface area (Å²) >= 11 is 1.76. The second-order valence-corrected chi connectivity index (χ2v) is 8.81. The van der Waals surface area contributed by atoms with Crippen LogP contribution >= 0.6 is 12.1 Å². The molecule has 0 radical (unpaired) electrons. The maximum absolute atomic E-state index is 2.43. The third kappa shape index (κ3) is 4.91. The Morgan fingerprint density at radius 3 is 2.38 bits per heavy atom. The van der Waals surface area contributed by atoms with E-state index in [0.717, 1.165) is 19.5 Å². The van der Waals surface area contributed by atoms with E-state index in [2.05, 4.69) is 91.6 Å². The first-order valence-electron chi connectivity index (χ1n) is 8.63. The van der Waals surface area contributed by atoms with E-state index in [1.54, 1.807) is 12.1 Å². The lowest BCUT2D eigenvalue weighted by molar-refractivity contribution is 0.526. The van der Waals surface area contributed by atoms with Crippen LogP contribution in [0.15, 0.2) is 24.4 Å². The fourth-order valence-electron chi connectivity index (χ4n) is 2.98. The Balaban J connectivity index is 2.29. The zero-order valence-electron chi connectivity index (χ0n) is 16.2. The zero-order chi connectivity index (χ0) is 17.9. The van der Waals surface area contributed by atoms with Gasteiger partial charge in [0.25, 0.3) is 0 Å². The molecule has 1 aromatic heterocycles. The van der Waals surface area contributed by atoms with Gasteiger partial charge < -0.3 is 9.47 Å². The third-order valence-electron chi connectivity index (χ3n) is 4.03. The Bertz CT molecular complexity index is 661. The van der Waals surface area contributed by atoms with Crippen molar-refractivity contribution in [2.24, 2.45) is 5.92 Å². The highest BCUT2D eigenvalue weighted by molar-refractivity contribution is 7.94. The topological polar surface area (TPSA) is 14.7 Å². The molecule has 0 spiro atoms. The van der Waals surface area contributed by atoms with E-state index in [9.17, 15) is 0 Å². The number of hydrogen-bond acceptors (Lipinski definition) is 4. The molecule has 0 aliphatic carbocycles. The number of fused-ring (bicyclic) bond motifs is 1. The van der Waals surface area contributed by atoms with Crippen molar-refractivity contribution in [3.05, 3.63) is 30.0 Å². The summed E-state index contributed by atoms with van der Waals surface area (Å²) in [6.45, 7) is 6.67. The summed E-state index contributed by atoms with van der Waals surface area (Å²) in [6.07, 6.45) is 3.43. The maximum Gasteiger partial charge on any atom is 0.0504 e. The van der Waals surface area contributed by atoms with Gasteiger partial charge in [0, 0.05) is 56.6 Å². The molecule has 0 fully saturated rings. The van der Waals surface area contributed by atoms with Gasteiger partial charge in [0.15, 0.2) is 0 Å². The van der Waals surface area contributed by atoms with E-state index < -0.39 is 0 Å². The molecular formula is C19H32N4S. The molecule has 0 saturated carbocycles. The van der Waals surface area contributed by atoms with E-state index in [0.29, 0.717) is 5.92 Å². The first kappa shape index (κ1) is 19.2. The lowest BCUT2D eigenvalue weighted by atomic mass is 10.1. The van der Waals surface area contributed by atoms with Gasteiger partial charge in [-0.2, -0.15) is 0 Å². The monoisotopic (exact) mass is 348 g/mol. The van der Waals surface area contributed by atoms with Crippen molar-refractivity contribution in [2.45, 2.75) is 26.8 Å². The van der Waals surface area contributed by atoms with Crippen LogP contribution in [0.4, 0.5) is 5.69 Å². The van der Waals surface area contributed by atoms with Gasteiger partial charge >= 0.3 is 0 Å². The molecule has 1 heterocycles. The third-order valence-corrected chi connectivity index (χ3v) is 4.81. The summed E-state index contributed by atoms with van der Waals surface area (Å²) in [4.78, 5) is 2.17. The normalized spacial score (nSPS) is 12.1. The largest absolute Gasteiger partial charge is 0.378 e. The smallest absolute Gasteiger partial charge is 0.0504 e. The van der Waals surface area contributed by atoms with Crippen molar-refractivity contribution < 1.29 is 0 Å². The molecule has 1 aromatic carbocycles. The first-order valence-corrected chi connectivity index (χ1v) is 9.36. The SMILES string of the molecule is CC(C)Cn1cc(CCN(C)SN(C)C)c2ccc(N(C)C)cc21. The second kappa shape index (κ2) is 8.28. The summed E-state index contributed by atoms with van der Waals surface area (Å²) in [5.41, 5.74) is 4.06. The van der Waals surface area contributed by atoms with Crippen LogP contribution in [0.2, 0.25) is 0 Å². The van der Waals surface area contributed by atoms with Crippen LogP contribution in [-0.2, 0) is 13.0 Å². The first-order chi connectivity index (χ1) is 11.3. The quantitative estimate of drug-likeness (QED) is 0.670. The molecule has 4 nitrogen and oxygen atoms in total. The fraction of sp³-hybridized carbons (Fsp3) is 0.579. The molecule has 0 bridgehead atoms. The van der Waals surface area contributed by atoms with Crippen LogP contribution in [0.25, 0.3) is 10.9 Å². The molecular weight excluding hydrogens is 316 g/mol. The highest BCUT2D eigenvalue weighted by Crippen LogP contribution is 2.27. The molecule has 0 N–H and O–H groups in total. The highest BCUT2D eigenvalue weighted by atomic mass is 32.2. The van der Waals surface area contributed by atoms with Crippen LogP contribution in [0, 0.1) is 5.92 Å². The summed E-state index contributed by atoms with van der Waals surface area (Å²) < 4.78 is 6.85. The number of anilines is 1. The number of benzene rings is 1. The second-order valence-electron chi connectivity index (χ2n) is 7.29. The van der Waals surface area contributed by atoms with Crippen LogP contribution < -0.4 is 4.90 Å². The Labute approximate surface area is 151 Å². The molecule has 0 atom stereocenters. The van der Waals surface area contributed by atoms with Crippen LogP contribution in [0.5, 0.6) is 0 Å². The van der Waals surface area contributed by atoms with Crippen molar-refractivity contribution >= 4 is 28.7 Å². The van der Waals surface area contributed by atoms with Crippen molar-refractivity contribution in [1.29, 1.82) is 0 Å². The Morgan fingerprint density at radius 1 is 1.08 bits per heavy atom. The number of likely N-dealkylation sites (N-methyl/N-ethyl adjacent to an activating group) is 1. The van der Waals surface area contributed by atoms with E-state index in [4.69, 9.17) is 0 Å². The number of hydrogen-bond donors (Lipinski definition) is 0. The van der Waals surface area contributed by atoms with Gasteiger partial charge in [-0.15, -0.1) is 0 Å². The van der Waals surface area contributed by atoms with Gasteiger partial charge in [0.05, 0.1) is 5.52 Å². The predicted molar refractivity (Wildman–Crippen MR) is 109 cm³/mol. The highest BCUT2D eigenvalue weighted by Gasteiger charge is 2.12. The molecule has 0 saturated heterocycles. The summed E-state index contributed by atoms with van der Waals surface area (Å²) in [6, 6.07) is 6.83. The summed E-state index contributed by atoms with van der Waals surface area (Å²) in [5.74, 6) is 0.642. The lowest BCUT2D eigenvalue weighted by Crippen LogP contribution is -2.18. The van der Waals surface area contributed by atoms with Gasteiger partial charge in [0.1, 0.15) is 0 Å². The predicted octanol–water partition coefficient (Wildman–Crippen LogP) is 3.96. The van der Waals surface area contributed by atoms with Gasteiger partial charge in [-0.3, -0.25) is 0 Å². The van der Waals surface area contributed by atoms with Crippen LogP contribution in [0.1, 0.15) is 19.4 Å². The minimum absolute atomic E-state index is 0.642. The van der Waals surface area contributed by atoms with E-state index in [1.165, 1.54) is 22.2 Å². The van der Waals surface area contributed by atoms with Crippen LogP contribution in [-0.4, -0.2) is 55.0 Å². The van der Waals surface area contributed by atoms with Crippen molar-refractivity contribution in [1.82, 2.24) is 13.2 Å². The standard InChI is InChI=1S/C19H32N4S/c1-15(2)13-23-14-16(10-11-22(7)24-21(5)6)18-9-8-17(20(3)4)12-19(18)23/h8-9,12,14-15H,10-11,13H2,1-7H3. The van der Waals surface area contributed by atoms with E-state index in [1.807, 2.05) is 0 Å². The molecule has 0 aliphatic rings. The molecule has 0 amide bonds. The zero-order valence-corrected chi connectivity index (χ0v) is 17.0. The fourth-order valence-corrected chi connectivity index (χ4v) is 3.71. The minimum Gasteiger partial charge on any atom is -0.378 e. The maximum atomic E-state index is 2.43. The van der Waals surface area contributed by atoms with E-state index >= 15 is 0 Å². The number of rotatable bonds is 8. The molecule has 5 heteroatoms. The Hall–Kier alpha value is -1.17. The lowest BCUT2D eigenvalue weighted by Gasteiger charge is -2.18. The van der Waals surface area contributed by atoms with Crippen LogP contribution in [0.3, 0.4) is 0 Å². The summed E-state index contributed by atoms with van der Waals surface area (Å²) in [7, 11) is 10.5. The number of aromatic nitrogens is 1. The van der Waals surface area contributed by atoms with Gasteiger partial charge in [-0.25, -0.2) is 8.61 Å². The van der Waals surface area contributed by atoms with Gasteiger partial charge in [0.2, 0.25) is 0 Å². The van der Waals surface area contributed by atoms with Crippen molar-refractivity contribution in [2.75, 3.05) is 46.7 Å². The Morgan fingerprint density at radius 2 is 1.79 bits per heavy atom. The van der Waals surface area contributed by atoms with Crippen molar-refractivity contribution in [3.63, 3.8) is 0 Å². The van der Waals surface area contributed by atoms with Gasteiger partial charge in [-0.05, 0) is 51.2 Å². The Kier molecular flexibility index (Phi) is 6.61. The average Bonchev–Trinajstić information content (AvgIpc) is 2.81. The number of nitrogens with zero attached hydrogens (tertiary/aromatic N) is 4. The minimum atomic E-state index is 0.642. The van der Waals surface area contributed by atoms with E-state index in [-0.39, 0.29) is 0 Å². The molecule has 2 rings (SSSR count). The summed E-state index contributed by atoms with van der Waals surface area (Å²) in [5, 5.41) is 1.39. The molecule has 24 heavy (non-hydrogen) atoms. The van der Waals surface area contributed by atoms with Crippen molar-refractivity contribution in [3.8, 4) is 0 Å². The van der Waals surface area contributed by atoms with Gasteiger partial charge in [-0.1, -0.05) is 19.9 Å². The molecule has 134 valence electrons. The average molecular weight is 349 g/mol.